The Labute approximate surface area is 151 Å². The maximum atomic E-state index is 12.0. The van der Waals surface area contributed by atoms with E-state index in [1.807, 2.05) is 49.4 Å². The molecule has 0 fully saturated rings. The number of thiazole rings is 1. The van der Waals surface area contributed by atoms with Crippen LogP contribution in [-0.2, 0) is 11.3 Å². The van der Waals surface area contributed by atoms with E-state index < -0.39 is 0 Å². The average molecular weight is 352 g/mol. The lowest BCUT2D eigenvalue weighted by molar-refractivity contribution is -0.123. The van der Waals surface area contributed by atoms with E-state index in [4.69, 9.17) is 4.74 Å². The van der Waals surface area contributed by atoms with Crippen LogP contribution >= 0.6 is 11.3 Å². The van der Waals surface area contributed by atoms with Crippen molar-refractivity contribution < 1.29 is 9.53 Å². The third-order valence-corrected chi connectivity index (χ3v) is 5.02. The lowest BCUT2D eigenvalue weighted by atomic mass is 10.1. The highest BCUT2D eigenvalue weighted by atomic mass is 32.1. The van der Waals surface area contributed by atoms with E-state index in [9.17, 15) is 4.79 Å². The number of nitrogens with zero attached hydrogens (tertiary/aromatic N) is 1. The van der Waals surface area contributed by atoms with Gasteiger partial charge >= 0.3 is 0 Å². The van der Waals surface area contributed by atoms with Crippen LogP contribution in [0.1, 0.15) is 16.1 Å². The highest BCUT2D eigenvalue weighted by molar-refractivity contribution is 7.15. The van der Waals surface area contributed by atoms with E-state index in [2.05, 4.69) is 29.4 Å². The summed E-state index contributed by atoms with van der Waals surface area (Å²) >= 11 is 1.62. The summed E-state index contributed by atoms with van der Waals surface area (Å²) in [6.07, 6.45) is 0. The van der Waals surface area contributed by atoms with Crippen LogP contribution in [-0.4, -0.2) is 17.5 Å². The Balaban J connectivity index is 1.58. The van der Waals surface area contributed by atoms with Gasteiger partial charge < -0.3 is 10.1 Å². The molecule has 1 heterocycles. The van der Waals surface area contributed by atoms with E-state index in [-0.39, 0.29) is 12.5 Å². The van der Waals surface area contributed by atoms with Gasteiger partial charge in [-0.2, -0.15) is 0 Å². The molecule has 3 rings (SSSR count). The lowest BCUT2D eigenvalue weighted by Gasteiger charge is -2.06. The normalized spacial score (nSPS) is 10.5. The second-order valence-corrected chi connectivity index (χ2v) is 6.80. The van der Waals surface area contributed by atoms with Gasteiger partial charge in [0.05, 0.1) is 12.2 Å². The minimum atomic E-state index is -0.144. The fourth-order valence-corrected chi connectivity index (χ4v) is 3.51. The molecule has 25 heavy (non-hydrogen) atoms. The van der Waals surface area contributed by atoms with Crippen molar-refractivity contribution in [1.82, 2.24) is 10.3 Å². The number of rotatable bonds is 6. The van der Waals surface area contributed by atoms with Gasteiger partial charge in [-0.1, -0.05) is 42.5 Å². The largest absolute Gasteiger partial charge is 0.484 e. The summed E-state index contributed by atoms with van der Waals surface area (Å²) < 4.78 is 5.45. The van der Waals surface area contributed by atoms with Crippen molar-refractivity contribution in [2.75, 3.05) is 6.61 Å². The number of amides is 1. The number of carbonyl (C=O) groups is 1. The number of ether oxygens (including phenoxy) is 1. The quantitative estimate of drug-likeness (QED) is 0.726. The summed E-state index contributed by atoms with van der Waals surface area (Å²) in [7, 11) is 0. The summed E-state index contributed by atoms with van der Waals surface area (Å²) in [5.74, 6) is 0.544. The van der Waals surface area contributed by atoms with Gasteiger partial charge in [0, 0.05) is 10.4 Å². The Morgan fingerprint density at radius 1 is 1.08 bits per heavy atom. The van der Waals surface area contributed by atoms with Crippen LogP contribution in [0.3, 0.4) is 0 Å². The first-order valence-corrected chi connectivity index (χ1v) is 8.92. The molecule has 1 amide bonds. The molecular formula is C20H20N2O2S. The summed E-state index contributed by atoms with van der Waals surface area (Å²) in [4.78, 5) is 17.7. The molecule has 0 radical (unpaired) electrons. The Hall–Kier alpha value is -2.66. The molecular weight excluding hydrogens is 332 g/mol. The summed E-state index contributed by atoms with van der Waals surface area (Å²) in [5.41, 5.74) is 3.29. The van der Waals surface area contributed by atoms with E-state index in [1.165, 1.54) is 5.56 Å². The van der Waals surface area contributed by atoms with Crippen LogP contribution < -0.4 is 10.1 Å². The molecule has 0 aliphatic rings. The zero-order valence-corrected chi connectivity index (χ0v) is 15.1. The first kappa shape index (κ1) is 17.2. The predicted octanol–water partition coefficient (Wildman–Crippen LogP) is 4.12. The molecule has 0 saturated carbocycles. The molecule has 0 saturated heterocycles. The number of benzene rings is 2. The van der Waals surface area contributed by atoms with Crippen molar-refractivity contribution in [3.63, 3.8) is 0 Å². The molecule has 1 aromatic heterocycles. The molecule has 1 N–H and O–H groups in total. The Morgan fingerprint density at radius 2 is 1.80 bits per heavy atom. The van der Waals surface area contributed by atoms with Crippen molar-refractivity contribution in [1.29, 1.82) is 0 Å². The summed E-state index contributed by atoms with van der Waals surface area (Å²) in [6, 6.07) is 17.5. The molecule has 0 aliphatic carbocycles. The Kier molecular flexibility index (Phi) is 5.46. The highest BCUT2D eigenvalue weighted by Gasteiger charge is 2.12. The van der Waals surface area contributed by atoms with Gasteiger partial charge in [-0.25, -0.2) is 4.98 Å². The maximum absolute atomic E-state index is 12.0. The summed E-state index contributed by atoms with van der Waals surface area (Å²) in [6.45, 7) is 4.52. The number of hydrogen-bond donors (Lipinski definition) is 1. The Morgan fingerprint density at radius 3 is 2.56 bits per heavy atom. The number of aryl methyl sites for hydroxylation is 2. The van der Waals surface area contributed by atoms with Crippen molar-refractivity contribution in [2.45, 2.75) is 20.4 Å². The third-order valence-electron chi connectivity index (χ3n) is 3.83. The molecule has 0 bridgehead atoms. The predicted molar refractivity (Wildman–Crippen MR) is 101 cm³/mol. The molecule has 4 nitrogen and oxygen atoms in total. The van der Waals surface area contributed by atoms with Gasteiger partial charge in [0.25, 0.3) is 5.91 Å². The average Bonchev–Trinajstić information content (AvgIpc) is 3.00. The number of aromatic nitrogens is 1. The number of para-hydroxylation sites is 1. The fraction of sp³-hybridized carbons (Fsp3) is 0.200. The first-order chi connectivity index (χ1) is 12.1. The smallest absolute Gasteiger partial charge is 0.258 e. The van der Waals surface area contributed by atoms with Crippen molar-refractivity contribution in [3.05, 3.63) is 70.7 Å². The van der Waals surface area contributed by atoms with E-state index >= 15 is 0 Å². The zero-order valence-electron chi connectivity index (χ0n) is 14.3. The maximum Gasteiger partial charge on any atom is 0.258 e. The van der Waals surface area contributed by atoms with Crippen LogP contribution in [0, 0.1) is 13.8 Å². The standard InChI is InChI=1S/C20H20N2O2S/c1-14-8-6-7-11-17(14)20-22-15(2)18(25-20)12-21-19(23)13-24-16-9-4-3-5-10-16/h3-11H,12-13H2,1-2H3,(H,21,23). The lowest BCUT2D eigenvalue weighted by Crippen LogP contribution is -2.28. The number of carbonyl (C=O) groups excluding carboxylic acids is 1. The second-order valence-electron chi connectivity index (χ2n) is 5.72. The monoisotopic (exact) mass is 352 g/mol. The molecule has 3 aromatic rings. The second kappa shape index (κ2) is 7.94. The van der Waals surface area contributed by atoms with Gasteiger partial charge in [-0.15, -0.1) is 11.3 Å². The van der Waals surface area contributed by atoms with Gasteiger partial charge in [0.1, 0.15) is 10.8 Å². The highest BCUT2D eigenvalue weighted by Crippen LogP contribution is 2.29. The topological polar surface area (TPSA) is 51.2 Å². The third kappa shape index (κ3) is 4.45. The minimum Gasteiger partial charge on any atom is -0.484 e. The van der Waals surface area contributed by atoms with Crippen molar-refractivity contribution in [3.8, 4) is 16.3 Å². The van der Waals surface area contributed by atoms with Crippen LogP contribution in [0.5, 0.6) is 5.75 Å². The number of nitrogens with one attached hydrogen (secondary N) is 1. The zero-order chi connectivity index (χ0) is 17.6. The van der Waals surface area contributed by atoms with Crippen LogP contribution in [0.15, 0.2) is 54.6 Å². The first-order valence-electron chi connectivity index (χ1n) is 8.10. The van der Waals surface area contributed by atoms with Gasteiger partial charge in [-0.3, -0.25) is 4.79 Å². The van der Waals surface area contributed by atoms with E-state index in [0.29, 0.717) is 12.3 Å². The van der Waals surface area contributed by atoms with Crippen LogP contribution in [0.2, 0.25) is 0 Å². The number of hydrogen-bond acceptors (Lipinski definition) is 4. The molecule has 5 heteroatoms. The fourth-order valence-electron chi connectivity index (χ4n) is 2.42. The van der Waals surface area contributed by atoms with Crippen molar-refractivity contribution in [2.24, 2.45) is 0 Å². The molecule has 0 aliphatic heterocycles. The van der Waals surface area contributed by atoms with Gasteiger partial charge in [-0.05, 0) is 31.5 Å². The minimum absolute atomic E-state index is 0.00646. The van der Waals surface area contributed by atoms with Crippen molar-refractivity contribution >= 4 is 17.2 Å². The SMILES string of the molecule is Cc1ccccc1-c1nc(C)c(CNC(=O)COc2ccccc2)s1. The van der Waals surface area contributed by atoms with Crippen LogP contribution in [0.4, 0.5) is 0 Å². The van der Waals surface area contributed by atoms with Crippen LogP contribution in [0.25, 0.3) is 10.6 Å². The van der Waals surface area contributed by atoms with E-state index in [0.717, 1.165) is 21.1 Å². The molecule has 0 atom stereocenters. The molecule has 128 valence electrons. The van der Waals surface area contributed by atoms with E-state index in [1.54, 1.807) is 11.3 Å². The molecule has 0 spiro atoms. The molecule has 0 unspecified atom stereocenters. The van der Waals surface area contributed by atoms with Gasteiger partial charge in [0.15, 0.2) is 6.61 Å². The molecule has 2 aromatic carbocycles. The van der Waals surface area contributed by atoms with Gasteiger partial charge in [0.2, 0.25) is 0 Å². The summed E-state index contributed by atoms with van der Waals surface area (Å²) in [5, 5.41) is 3.88. The Bertz CT molecular complexity index is 859.